The van der Waals surface area contributed by atoms with Crippen LogP contribution in [-0.4, -0.2) is 46.1 Å². The summed E-state index contributed by atoms with van der Waals surface area (Å²) in [5.41, 5.74) is 0.711. The topological polar surface area (TPSA) is 72.4 Å². The molecule has 0 aromatic carbocycles. The number of sulfonamides is 1. The van der Waals surface area contributed by atoms with Crippen LogP contribution in [0.2, 0.25) is 5.15 Å². The van der Waals surface area contributed by atoms with Gasteiger partial charge in [-0.05, 0) is 19.8 Å². The largest absolute Gasteiger partial charge is 0.474 e. The Morgan fingerprint density at radius 1 is 1.22 bits per heavy atom. The summed E-state index contributed by atoms with van der Waals surface area (Å²) in [4.78, 5) is 8.06. The van der Waals surface area contributed by atoms with Gasteiger partial charge in [0.2, 0.25) is 15.9 Å². The third-order valence-electron chi connectivity index (χ3n) is 4.71. The van der Waals surface area contributed by atoms with Crippen LogP contribution in [0.15, 0.2) is 18.5 Å². The van der Waals surface area contributed by atoms with Gasteiger partial charge in [0.15, 0.2) is 0 Å². The van der Waals surface area contributed by atoms with E-state index in [-0.39, 0.29) is 23.4 Å². The monoisotopic (exact) mass is 355 g/mol. The maximum atomic E-state index is 12.6. The molecule has 1 aromatic heterocycles. The fraction of sp³-hybridized carbons (Fsp3) is 0.600. The lowest BCUT2D eigenvalue weighted by Crippen LogP contribution is -2.50. The van der Waals surface area contributed by atoms with Crippen LogP contribution in [0.5, 0.6) is 5.88 Å². The first-order valence-corrected chi connectivity index (χ1v) is 9.69. The molecule has 0 spiro atoms. The molecular formula is C15H18ClN3O3S. The van der Waals surface area contributed by atoms with E-state index in [1.54, 1.807) is 4.31 Å². The molecule has 6 nitrogen and oxygen atoms in total. The Balaban J connectivity index is 1.51. The molecule has 2 atom stereocenters. The van der Waals surface area contributed by atoms with E-state index in [1.807, 2.05) is 19.1 Å². The Morgan fingerprint density at radius 2 is 1.87 bits per heavy atom. The van der Waals surface area contributed by atoms with Crippen LogP contribution >= 0.6 is 11.6 Å². The van der Waals surface area contributed by atoms with Gasteiger partial charge in [0.05, 0.1) is 5.25 Å². The second kappa shape index (κ2) is 5.43. The van der Waals surface area contributed by atoms with Crippen LogP contribution in [0.1, 0.15) is 31.2 Å². The zero-order valence-electron chi connectivity index (χ0n) is 12.7. The second-order valence-electron chi connectivity index (χ2n) is 6.40. The van der Waals surface area contributed by atoms with Gasteiger partial charge in [0.25, 0.3) is 0 Å². The molecule has 3 aliphatic rings. The van der Waals surface area contributed by atoms with Crippen molar-refractivity contribution in [3.63, 3.8) is 0 Å². The molecule has 1 saturated carbocycles. The first-order chi connectivity index (χ1) is 11.0. The Kier molecular flexibility index (Phi) is 3.62. The highest BCUT2D eigenvalue weighted by molar-refractivity contribution is 7.90. The van der Waals surface area contributed by atoms with Gasteiger partial charge in [-0.2, -0.15) is 4.31 Å². The molecule has 3 heterocycles. The molecule has 1 saturated heterocycles. The van der Waals surface area contributed by atoms with Crippen molar-refractivity contribution in [1.82, 2.24) is 14.3 Å². The fourth-order valence-corrected chi connectivity index (χ4v) is 5.64. The molecule has 8 heteroatoms. The van der Waals surface area contributed by atoms with E-state index in [2.05, 4.69) is 9.97 Å². The lowest BCUT2D eigenvalue weighted by atomic mass is 10.0. The Labute approximate surface area is 140 Å². The van der Waals surface area contributed by atoms with E-state index in [0.717, 1.165) is 12.8 Å². The van der Waals surface area contributed by atoms with E-state index in [0.29, 0.717) is 29.4 Å². The molecule has 1 aliphatic carbocycles. The van der Waals surface area contributed by atoms with E-state index >= 15 is 0 Å². The molecule has 124 valence electrons. The van der Waals surface area contributed by atoms with Crippen LogP contribution in [0, 0.1) is 6.92 Å². The second-order valence-corrected chi connectivity index (χ2v) is 8.88. The average Bonchev–Trinajstić information content (AvgIpc) is 3.31. The highest BCUT2D eigenvalue weighted by Crippen LogP contribution is 2.40. The van der Waals surface area contributed by atoms with E-state index in [4.69, 9.17) is 16.3 Å². The molecule has 2 aliphatic heterocycles. The van der Waals surface area contributed by atoms with Crippen molar-refractivity contribution in [3.05, 3.63) is 29.2 Å². The van der Waals surface area contributed by atoms with Crippen molar-refractivity contribution < 1.29 is 13.2 Å². The number of aromatic nitrogens is 2. The zero-order valence-corrected chi connectivity index (χ0v) is 14.3. The third kappa shape index (κ3) is 2.64. The maximum absolute atomic E-state index is 12.6. The number of halogens is 1. The van der Waals surface area contributed by atoms with Gasteiger partial charge in [-0.25, -0.2) is 18.4 Å². The number of fused-ring (bicyclic) bond motifs is 2. The molecule has 4 rings (SSSR count). The van der Waals surface area contributed by atoms with E-state index in [9.17, 15) is 8.42 Å². The summed E-state index contributed by atoms with van der Waals surface area (Å²) < 4.78 is 32.8. The summed E-state index contributed by atoms with van der Waals surface area (Å²) in [6.45, 7) is 1.82. The number of piperidine rings is 1. The van der Waals surface area contributed by atoms with Gasteiger partial charge < -0.3 is 4.74 Å². The van der Waals surface area contributed by atoms with Gasteiger partial charge in [0.1, 0.15) is 17.6 Å². The van der Waals surface area contributed by atoms with E-state index < -0.39 is 10.0 Å². The minimum absolute atomic E-state index is 0.0738. The maximum Gasteiger partial charge on any atom is 0.221 e. The highest BCUT2D eigenvalue weighted by atomic mass is 35.5. The molecule has 0 N–H and O–H groups in total. The van der Waals surface area contributed by atoms with Crippen molar-refractivity contribution in [1.29, 1.82) is 0 Å². The highest BCUT2D eigenvalue weighted by Gasteiger charge is 2.50. The lowest BCUT2D eigenvalue weighted by Gasteiger charge is -2.38. The minimum Gasteiger partial charge on any atom is -0.474 e. The van der Waals surface area contributed by atoms with Crippen molar-refractivity contribution in [2.75, 3.05) is 0 Å². The first-order valence-electron chi connectivity index (χ1n) is 7.81. The van der Waals surface area contributed by atoms with Gasteiger partial charge in [-0.15, -0.1) is 0 Å². The lowest BCUT2D eigenvalue weighted by molar-refractivity contribution is 0.0982. The smallest absolute Gasteiger partial charge is 0.221 e. The number of nitrogens with zero attached hydrogens (tertiary/aromatic N) is 3. The molecule has 0 amide bonds. The molecule has 0 unspecified atom stereocenters. The quantitative estimate of drug-likeness (QED) is 0.610. The van der Waals surface area contributed by atoms with E-state index in [1.165, 1.54) is 6.33 Å². The summed E-state index contributed by atoms with van der Waals surface area (Å²) in [5.74, 6) is 0.480. The van der Waals surface area contributed by atoms with Crippen LogP contribution in [-0.2, 0) is 10.0 Å². The molecule has 2 bridgehead atoms. The molecule has 23 heavy (non-hydrogen) atoms. The predicted molar refractivity (Wildman–Crippen MR) is 85.9 cm³/mol. The summed E-state index contributed by atoms with van der Waals surface area (Å²) in [6.07, 6.45) is 8.15. The van der Waals surface area contributed by atoms with Gasteiger partial charge >= 0.3 is 0 Å². The molecule has 2 fully saturated rings. The predicted octanol–water partition coefficient (Wildman–Crippen LogP) is 2.08. The number of ether oxygens (including phenoxy) is 1. The SMILES string of the molecule is Cc1c(Cl)ncnc1OC1C[C@@H]2C=C[C@@H](C1)N2S(=O)(=O)C1CC1. The molecular weight excluding hydrogens is 338 g/mol. The standard InChI is InChI=1S/C15H18ClN3O3S/c1-9-14(16)17-8-18-15(9)22-12-6-10-2-3-11(7-12)19(10)23(20,21)13-4-5-13/h2-3,8,10-13H,4-7H2,1H3/t10-,11-/m0/s1. The Morgan fingerprint density at radius 3 is 2.48 bits per heavy atom. The number of rotatable bonds is 4. The van der Waals surface area contributed by atoms with Gasteiger partial charge in [-0.1, -0.05) is 23.8 Å². The number of hydrogen-bond donors (Lipinski definition) is 0. The van der Waals surface area contributed by atoms with Crippen molar-refractivity contribution in [2.24, 2.45) is 0 Å². The summed E-state index contributed by atoms with van der Waals surface area (Å²) >= 11 is 5.99. The summed E-state index contributed by atoms with van der Waals surface area (Å²) in [7, 11) is -3.17. The minimum atomic E-state index is -3.17. The number of hydrogen-bond acceptors (Lipinski definition) is 5. The fourth-order valence-electron chi connectivity index (χ4n) is 3.37. The van der Waals surface area contributed by atoms with Gasteiger partial charge in [-0.3, -0.25) is 0 Å². The van der Waals surface area contributed by atoms with Crippen LogP contribution < -0.4 is 4.74 Å². The first kappa shape index (κ1) is 15.4. The Hall–Kier alpha value is -1.18. The van der Waals surface area contributed by atoms with Crippen LogP contribution in [0.4, 0.5) is 0 Å². The van der Waals surface area contributed by atoms with Crippen LogP contribution in [0.25, 0.3) is 0 Å². The zero-order chi connectivity index (χ0) is 16.2. The normalized spacial score (nSPS) is 30.6. The summed E-state index contributed by atoms with van der Waals surface area (Å²) in [5, 5.41) is 0.206. The van der Waals surface area contributed by atoms with Crippen molar-refractivity contribution >= 4 is 21.6 Å². The molecule has 0 radical (unpaired) electrons. The van der Waals surface area contributed by atoms with Crippen molar-refractivity contribution in [3.8, 4) is 5.88 Å². The van der Waals surface area contributed by atoms with Crippen LogP contribution in [0.3, 0.4) is 0 Å². The average molecular weight is 356 g/mol. The van der Waals surface area contributed by atoms with Gasteiger partial charge in [0, 0.05) is 30.5 Å². The molecule has 1 aromatic rings. The third-order valence-corrected chi connectivity index (χ3v) is 7.54. The Bertz CT molecular complexity index is 747. The summed E-state index contributed by atoms with van der Waals surface area (Å²) in [6, 6.07) is -0.219. The van der Waals surface area contributed by atoms with Crippen molar-refractivity contribution in [2.45, 2.75) is 56.0 Å².